The van der Waals surface area contributed by atoms with Gasteiger partial charge in [-0.15, -0.1) is 11.3 Å². The van der Waals surface area contributed by atoms with Crippen LogP contribution in [-0.4, -0.2) is 40.0 Å². The summed E-state index contributed by atoms with van der Waals surface area (Å²) in [7, 11) is 0. The fourth-order valence-electron chi connectivity index (χ4n) is 3.06. The summed E-state index contributed by atoms with van der Waals surface area (Å²) in [4.78, 5) is 30.3. The normalized spacial score (nSPS) is 17.7. The largest absolute Gasteiger partial charge is 0.481 e. The Labute approximate surface area is 145 Å². The molecule has 24 heavy (non-hydrogen) atoms. The molecule has 1 N–H and O–H groups in total. The van der Waals surface area contributed by atoms with Crippen molar-refractivity contribution >= 4 is 23.2 Å². The summed E-state index contributed by atoms with van der Waals surface area (Å²) in [6.45, 7) is 1.38. The monoisotopic (exact) mass is 344 g/mol. The van der Waals surface area contributed by atoms with E-state index in [1.165, 1.54) is 11.3 Å². The van der Waals surface area contributed by atoms with E-state index in [4.69, 9.17) is 5.11 Å². The van der Waals surface area contributed by atoms with Crippen LogP contribution < -0.4 is 0 Å². The third-order valence-electron chi connectivity index (χ3n) is 4.31. The van der Waals surface area contributed by atoms with Gasteiger partial charge in [0.25, 0.3) is 5.91 Å². The number of amides is 1. The van der Waals surface area contributed by atoms with Gasteiger partial charge in [0, 0.05) is 25.1 Å². The second-order valence-corrected chi connectivity index (χ2v) is 7.12. The highest BCUT2D eigenvalue weighted by Gasteiger charge is 2.26. The van der Waals surface area contributed by atoms with Crippen LogP contribution in [0.5, 0.6) is 0 Å². The van der Waals surface area contributed by atoms with Gasteiger partial charge >= 0.3 is 5.97 Å². The molecule has 1 amide bonds. The zero-order chi connectivity index (χ0) is 16.9. The Hall–Kier alpha value is -2.21. The molecule has 1 atom stereocenters. The number of carbonyl (C=O) groups excluding carboxylic acids is 1. The van der Waals surface area contributed by atoms with Crippen LogP contribution in [-0.2, 0) is 4.79 Å². The number of hydrogen-bond donors (Lipinski definition) is 1. The highest BCUT2D eigenvalue weighted by molar-refractivity contribution is 7.16. The van der Waals surface area contributed by atoms with Crippen molar-refractivity contribution in [1.82, 2.24) is 9.88 Å². The summed E-state index contributed by atoms with van der Waals surface area (Å²) < 4.78 is 0. The zero-order valence-electron chi connectivity index (χ0n) is 13.4. The number of hydrogen-bond acceptors (Lipinski definition) is 4. The number of aromatic nitrogens is 1. The Morgan fingerprint density at radius 3 is 2.83 bits per heavy atom. The summed E-state index contributed by atoms with van der Waals surface area (Å²) in [5, 5.41) is 9.67. The van der Waals surface area contributed by atoms with Crippen LogP contribution in [0.25, 0.3) is 10.6 Å². The maximum atomic E-state index is 12.7. The maximum Gasteiger partial charge on any atom is 0.303 e. The van der Waals surface area contributed by atoms with Gasteiger partial charge in [-0.3, -0.25) is 9.59 Å². The molecule has 6 heteroatoms. The van der Waals surface area contributed by atoms with Crippen molar-refractivity contribution in [3.05, 3.63) is 41.4 Å². The summed E-state index contributed by atoms with van der Waals surface area (Å²) in [6, 6.07) is 9.83. The fraction of sp³-hybridized carbons (Fsp3) is 0.389. The first-order valence-corrected chi connectivity index (χ1v) is 8.97. The average molecular weight is 344 g/mol. The molecule has 2 aromatic rings. The molecule has 1 aromatic carbocycles. The molecule has 0 bridgehead atoms. The third-order valence-corrected chi connectivity index (χ3v) is 5.34. The van der Waals surface area contributed by atoms with Gasteiger partial charge in [-0.05, 0) is 25.2 Å². The molecule has 2 heterocycles. The molecule has 0 aliphatic carbocycles. The van der Waals surface area contributed by atoms with Crippen LogP contribution in [0.2, 0.25) is 0 Å². The molecule has 1 saturated heterocycles. The van der Waals surface area contributed by atoms with Gasteiger partial charge in [-0.2, -0.15) is 0 Å². The van der Waals surface area contributed by atoms with Crippen molar-refractivity contribution < 1.29 is 14.7 Å². The van der Waals surface area contributed by atoms with Crippen molar-refractivity contribution in [3.8, 4) is 10.6 Å². The van der Waals surface area contributed by atoms with Crippen LogP contribution in [0.15, 0.2) is 36.5 Å². The molecule has 1 fully saturated rings. The molecule has 1 aromatic heterocycles. The predicted molar refractivity (Wildman–Crippen MR) is 93.0 cm³/mol. The minimum Gasteiger partial charge on any atom is -0.481 e. The lowest BCUT2D eigenvalue weighted by Gasteiger charge is -2.32. The third kappa shape index (κ3) is 4.00. The molecule has 0 spiro atoms. The van der Waals surface area contributed by atoms with Crippen molar-refractivity contribution in [1.29, 1.82) is 0 Å². The van der Waals surface area contributed by atoms with E-state index < -0.39 is 5.97 Å². The Bertz CT molecular complexity index is 714. The molecular weight excluding hydrogens is 324 g/mol. The minimum atomic E-state index is -0.770. The first-order valence-electron chi connectivity index (χ1n) is 8.16. The molecule has 1 aliphatic rings. The first kappa shape index (κ1) is 16.6. The molecule has 126 valence electrons. The van der Waals surface area contributed by atoms with E-state index in [-0.39, 0.29) is 18.2 Å². The van der Waals surface area contributed by atoms with Gasteiger partial charge in [0.1, 0.15) is 9.88 Å². The van der Waals surface area contributed by atoms with Crippen molar-refractivity contribution in [2.45, 2.75) is 25.7 Å². The molecule has 0 unspecified atom stereocenters. The molecular formula is C18H20N2O3S. The van der Waals surface area contributed by atoms with Crippen LogP contribution in [0.1, 0.15) is 35.4 Å². The van der Waals surface area contributed by atoms with E-state index in [9.17, 15) is 9.59 Å². The van der Waals surface area contributed by atoms with Crippen LogP contribution >= 0.6 is 11.3 Å². The van der Waals surface area contributed by atoms with Gasteiger partial charge in [-0.1, -0.05) is 30.3 Å². The number of likely N-dealkylation sites (tertiary alicyclic amines) is 1. The number of piperidine rings is 1. The lowest BCUT2D eigenvalue weighted by atomic mass is 9.93. The van der Waals surface area contributed by atoms with Gasteiger partial charge < -0.3 is 10.0 Å². The smallest absolute Gasteiger partial charge is 0.303 e. The van der Waals surface area contributed by atoms with Crippen molar-refractivity contribution in [2.24, 2.45) is 5.92 Å². The lowest BCUT2D eigenvalue weighted by molar-refractivity contribution is -0.137. The van der Waals surface area contributed by atoms with Gasteiger partial charge in [0.15, 0.2) is 0 Å². The highest BCUT2D eigenvalue weighted by atomic mass is 32.1. The van der Waals surface area contributed by atoms with Crippen LogP contribution in [0, 0.1) is 5.92 Å². The molecule has 5 nitrogen and oxygen atoms in total. The summed E-state index contributed by atoms with van der Waals surface area (Å²) in [5.41, 5.74) is 1.01. The summed E-state index contributed by atoms with van der Waals surface area (Å²) >= 11 is 1.41. The standard InChI is InChI=1S/C18H20N2O3S/c21-16(22)9-8-13-5-4-10-20(12-13)18(23)15-11-19-17(24-15)14-6-2-1-3-7-14/h1-3,6-7,11,13H,4-5,8-10,12H2,(H,21,22)/t13-/m0/s1. The first-order chi connectivity index (χ1) is 11.6. The second kappa shape index (κ2) is 7.57. The zero-order valence-corrected chi connectivity index (χ0v) is 14.2. The number of carbonyl (C=O) groups is 2. The Morgan fingerprint density at radius 2 is 2.08 bits per heavy atom. The van der Waals surface area contributed by atoms with Gasteiger partial charge in [0.2, 0.25) is 0 Å². The molecule has 1 aliphatic heterocycles. The Balaban J connectivity index is 1.66. The van der Waals surface area contributed by atoms with Gasteiger partial charge in [0.05, 0.1) is 6.20 Å². The van der Waals surface area contributed by atoms with E-state index in [0.29, 0.717) is 17.8 Å². The second-order valence-electron chi connectivity index (χ2n) is 6.09. The van der Waals surface area contributed by atoms with E-state index in [0.717, 1.165) is 30.0 Å². The van der Waals surface area contributed by atoms with Crippen molar-refractivity contribution in [2.75, 3.05) is 13.1 Å². The fourth-order valence-corrected chi connectivity index (χ4v) is 3.95. The highest BCUT2D eigenvalue weighted by Crippen LogP contribution is 2.28. The Morgan fingerprint density at radius 1 is 1.29 bits per heavy atom. The SMILES string of the molecule is O=C(O)CC[C@@H]1CCCN(C(=O)c2cnc(-c3ccccc3)s2)C1. The summed E-state index contributed by atoms with van der Waals surface area (Å²) in [5.74, 6) is -0.483. The maximum absolute atomic E-state index is 12.7. The van der Waals surface area contributed by atoms with E-state index >= 15 is 0 Å². The summed E-state index contributed by atoms with van der Waals surface area (Å²) in [6.07, 6.45) is 4.38. The van der Waals surface area contributed by atoms with Crippen LogP contribution in [0.3, 0.4) is 0 Å². The van der Waals surface area contributed by atoms with Gasteiger partial charge in [-0.25, -0.2) is 4.98 Å². The van der Waals surface area contributed by atoms with Crippen molar-refractivity contribution in [3.63, 3.8) is 0 Å². The number of carboxylic acids is 1. The average Bonchev–Trinajstić information content (AvgIpc) is 3.10. The minimum absolute atomic E-state index is 0.00899. The Kier molecular flexibility index (Phi) is 5.25. The number of carboxylic acid groups (broad SMARTS) is 1. The van der Waals surface area contributed by atoms with Crippen LogP contribution in [0.4, 0.5) is 0 Å². The molecule has 0 saturated carbocycles. The van der Waals surface area contributed by atoms with E-state index in [1.54, 1.807) is 6.20 Å². The quantitative estimate of drug-likeness (QED) is 0.901. The number of thiazole rings is 1. The van der Waals surface area contributed by atoms with E-state index in [1.807, 2.05) is 35.2 Å². The lowest BCUT2D eigenvalue weighted by Crippen LogP contribution is -2.39. The molecule has 0 radical (unpaired) electrons. The number of nitrogens with zero attached hydrogens (tertiary/aromatic N) is 2. The topological polar surface area (TPSA) is 70.5 Å². The number of benzene rings is 1. The predicted octanol–water partition coefficient (Wildman–Crippen LogP) is 3.53. The number of rotatable bonds is 5. The number of aliphatic carboxylic acids is 1. The van der Waals surface area contributed by atoms with E-state index in [2.05, 4.69) is 4.98 Å². The molecule has 3 rings (SSSR count).